The molecule has 1 aromatic carbocycles. The zero-order chi connectivity index (χ0) is 20.2. The van der Waals surface area contributed by atoms with Gasteiger partial charge in [0.15, 0.2) is 0 Å². The highest BCUT2D eigenvalue weighted by Gasteiger charge is 2.27. The van der Waals surface area contributed by atoms with Crippen LogP contribution in [0.2, 0.25) is 0 Å². The molecule has 1 saturated heterocycles. The van der Waals surface area contributed by atoms with Crippen molar-refractivity contribution in [2.24, 2.45) is 0 Å². The number of imidazole rings is 1. The van der Waals surface area contributed by atoms with Gasteiger partial charge in [0.05, 0.1) is 12.0 Å². The predicted molar refractivity (Wildman–Crippen MR) is 116 cm³/mol. The van der Waals surface area contributed by atoms with Gasteiger partial charge in [-0.2, -0.15) is 0 Å². The maximum Gasteiger partial charge on any atom is 0.134 e. The highest BCUT2D eigenvalue weighted by atomic mass is 15.3. The summed E-state index contributed by atoms with van der Waals surface area (Å²) in [4.78, 5) is 7.44. The number of likely N-dealkylation sites (tertiary alicyclic amines) is 1. The summed E-state index contributed by atoms with van der Waals surface area (Å²) >= 11 is 0. The fourth-order valence-corrected chi connectivity index (χ4v) is 4.48. The van der Waals surface area contributed by atoms with Crippen molar-refractivity contribution in [1.29, 1.82) is 0 Å². The molecule has 154 valence electrons. The number of likely N-dealkylation sites (N-methyl/N-ethyl adjacent to an activating group) is 1. The number of benzene rings is 1. The number of hydrogen-bond acceptors (Lipinski definition) is 4. The van der Waals surface area contributed by atoms with Crippen LogP contribution in [0.5, 0.6) is 0 Å². The maximum atomic E-state index is 4.87. The minimum absolute atomic E-state index is 0.374. The third-order valence-corrected chi connectivity index (χ3v) is 6.04. The average Bonchev–Trinajstić information content (AvgIpc) is 3.40. The third-order valence-electron chi connectivity index (χ3n) is 6.04. The van der Waals surface area contributed by atoms with Crippen LogP contribution in [-0.2, 0) is 13.0 Å². The number of hydrogen-bond donors (Lipinski definition) is 0. The summed E-state index contributed by atoms with van der Waals surface area (Å²) < 4.78 is 4.53. The SMILES string of the molecule is CCN1CCC[C@@H](c2c(-c3ccccc3)ncn2CCc2nncn2C(C)C)C1. The summed E-state index contributed by atoms with van der Waals surface area (Å²) in [6, 6.07) is 11.0. The first-order valence-electron chi connectivity index (χ1n) is 10.9. The number of piperidine rings is 1. The monoisotopic (exact) mass is 392 g/mol. The van der Waals surface area contributed by atoms with Crippen LogP contribution in [0.15, 0.2) is 43.0 Å². The molecule has 0 bridgehead atoms. The zero-order valence-corrected chi connectivity index (χ0v) is 17.8. The van der Waals surface area contributed by atoms with E-state index in [1.54, 1.807) is 0 Å². The Hall–Kier alpha value is -2.47. The van der Waals surface area contributed by atoms with Crippen LogP contribution < -0.4 is 0 Å². The van der Waals surface area contributed by atoms with Gasteiger partial charge in [0.25, 0.3) is 0 Å². The topological polar surface area (TPSA) is 51.8 Å². The van der Waals surface area contributed by atoms with Crippen LogP contribution in [0.3, 0.4) is 0 Å². The van der Waals surface area contributed by atoms with Crippen molar-refractivity contribution in [3.05, 3.63) is 54.5 Å². The van der Waals surface area contributed by atoms with Gasteiger partial charge in [-0.25, -0.2) is 4.98 Å². The van der Waals surface area contributed by atoms with E-state index in [0.717, 1.165) is 37.6 Å². The summed E-state index contributed by atoms with van der Waals surface area (Å²) in [7, 11) is 0. The summed E-state index contributed by atoms with van der Waals surface area (Å²) in [6.45, 7) is 10.9. The largest absolute Gasteiger partial charge is 0.333 e. The number of nitrogens with zero attached hydrogens (tertiary/aromatic N) is 6. The Morgan fingerprint density at radius 1 is 1.14 bits per heavy atom. The molecule has 0 aliphatic carbocycles. The summed E-state index contributed by atoms with van der Waals surface area (Å²) in [5, 5.41) is 8.48. The number of aryl methyl sites for hydroxylation is 2. The first-order valence-corrected chi connectivity index (χ1v) is 10.9. The molecule has 3 aromatic rings. The summed E-state index contributed by atoms with van der Waals surface area (Å²) in [6.07, 6.45) is 7.20. The molecule has 4 rings (SSSR count). The molecule has 1 fully saturated rings. The van der Waals surface area contributed by atoms with Crippen LogP contribution >= 0.6 is 0 Å². The quantitative estimate of drug-likeness (QED) is 0.606. The molecule has 2 aromatic heterocycles. The lowest BCUT2D eigenvalue weighted by atomic mass is 9.91. The standard InChI is InChI=1S/C23H32N6/c1-4-27-13-8-11-20(15-27)23-22(19-9-6-5-7-10-19)24-16-28(23)14-12-21-26-25-17-29(21)18(2)3/h5-7,9-10,16-18,20H,4,8,11-15H2,1-3H3/t20-/m1/s1. The van der Waals surface area contributed by atoms with Gasteiger partial charge in [0, 0.05) is 42.7 Å². The van der Waals surface area contributed by atoms with Crippen molar-refractivity contribution in [3.8, 4) is 11.3 Å². The lowest BCUT2D eigenvalue weighted by molar-refractivity contribution is 0.214. The molecule has 1 atom stereocenters. The van der Waals surface area contributed by atoms with Crippen molar-refractivity contribution in [1.82, 2.24) is 29.2 Å². The second kappa shape index (κ2) is 8.91. The fourth-order valence-electron chi connectivity index (χ4n) is 4.48. The molecule has 3 heterocycles. The molecular weight excluding hydrogens is 360 g/mol. The molecule has 29 heavy (non-hydrogen) atoms. The van der Waals surface area contributed by atoms with Gasteiger partial charge in [-0.15, -0.1) is 10.2 Å². The third kappa shape index (κ3) is 4.27. The Kier molecular flexibility index (Phi) is 6.09. The minimum Gasteiger partial charge on any atom is -0.333 e. The van der Waals surface area contributed by atoms with E-state index in [4.69, 9.17) is 4.98 Å². The summed E-state index contributed by atoms with van der Waals surface area (Å²) in [5.74, 6) is 1.56. The molecule has 0 N–H and O–H groups in total. The molecule has 0 saturated carbocycles. The van der Waals surface area contributed by atoms with Crippen LogP contribution in [0.4, 0.5) is 0 Å². The van der Waals surface area contributed by atoms with Crippen molar-refractivity contribution in [2.75, 3.05) is 19.6 Å². The van der Waals surface area contributed by atoms with Crippen molar-refractivity contribution >= 4 is 0 Å². The van der Waals surface area contributed by atoms with E-state index in [0.29, 0.717) is 12.0 Å². The fraction of sp³-hybridized carbons (Fsp3) is 0.522. The molecular formula is C23H32N6. The molecule has 1 aliphatic heterocycles. The smallest absolute Gasteiger partial charge is 0.134 e. The van der Waals surface area contributed by atoms with Crippen molar-refractivity contribution in [2.45, 2.75) is 58.5 Å². The first kappa shape index (κ1) is 19.8. The van der Waals surface area contributed by atoms with Gasteiger partial charge in [0.1, 0.15) is 12.2 Å². The molecule has 6 heteroatoms. The van der Waals surface area contributed by atoms with Crippen LogP contribution in [0.1, 0.15) is 57.1 Å². The van der Waals surface area contributed by atoms with E-state index in [2.05, 4.69) is 75.3 Å². The average molecular weight is 393 g/mol. The van der Waals surface area contributed by atoms with Crippen LogP contribution in [-0.4, -0.2) is 48.8 Å². The summed E-state index contributed by atoms with van der Waals surface area (Å²) in [5.41, 5.74) is 3.73. The Labute approximate surface area is 173 Å². The van der Waals surface area contributed by atoms with E-state index in [-0.39, 0.29) is 0 Å². The first-order chi connectivity index (χ1) is 14.2. The van der Waals surface area contributed by atoms with Gasteiger partial charge in [-0.1, -0.05) is 37.3 Å². The van der Waals surface area contributed by atoms with Crippen LogP contribution in [0.25, 0.3) is 11.3 Å². The highest BCUT2D eigenvalue weighted by molar-refractivity contribution is 5.62. The lowest BCUT2D eigenvalue weighted by Gasteiger charge is -2.33. The predicted octanol–water partition coefficient (Wildman–Crippen LogP) is 4.16. The van der Waals surface area contributed by atoms with E-state index in [1.165, 1.54) is 30.6 Å². The van der Waals surface area contributed by atoms with E-state index < -0.39 is 0 Å². The van der Waals surface area contributed by atoms with Gasteiger partial charge in [-0.05, 0) is 39.8 Å². The Bertz CT molecular complexity index is 911. The Balaban J connectivity index is 1.64. The molecule has 0 radical (unpaired) electrons. The molecule has 1 aliphatic rings. The van der Waals surface area contributed by atoms with Gasteiger partial charge in [0.2, 0.25) is 0 Å². The van der Waals surface area contributed by atoms with Crippen molar-refractivity contribution < 1.29 is 0 Å². The minimum atomic E-state index is 0.374. The molecule has 0 unspecified atom stereocenters. The molecule has 0 amide bonds. The second-order valence-electron chi connectivity index (χ2n) is 8.27. The van der Waals surface area contributed by atoms with Gasteiger partial charge >= 0.3 is 0 Å². The Morgan fingerprint density at radius 3 is 2.72 bits per heavy atom. The van der Waals surface area contributed by atoms with E-state index >= 15 is 0 Å². The van der Waals surface area contributed by atoms with Crippen LogP contribution in [0, 0.1) is 0 Å². The second-order valence-corrected chi connectivity index (χ2v) is 8.27. The van der Waals surface area contributed by atoms with E-state index in [1.807, 2.05) is 12.7 Å². The van der Waals surface area contributed by atoms with Crippen molar-refractivity contribution in [3.63, 3.8) is 0 Å². The number of aromatic nitrogens is 5. The molecule has 0 spiro atoms. The highest BCUT2D eigenvalue weighted by Crippen LogP contribution is 2.34. The van der Waals surface area contributed by atoms with Gasteiger partial charge in [-0.3, -0.25) is 0 Å². The Morgan fingerprint density at radius 2 is 1.97 bits per heavy atom. The lowest BCUT2D eigenvalue weighted by Crippen LogP contribution is -2.35. The zero-order valence-electron chi connectivity index (χ0n) is 17.8. The molecule has 6 nitrogen and oxygen atoms in total. The maximum absolute atomic E-state index is 4.87. The van der Waals surface area contributed by atoms with E-state index in [9.17, 15) is 0 Å². The van der Waals surface area contributed by atoms with Gasteiger partial charge < -0.3 is 14.0 Å². The normalized spacial score (nSPS) is 17.9. The number of rotatable bonds is 7.